The summed E-state index contributed by atoms with van der Waals surface area (Å²) in [6, 6.07) is 11.7. The summed E-state index contributed by atoms with van der Waals surface area (Å²) >= 11 is 7.19. The minimum Gasteiger partial charge on any atom is -0.301 e. The molecule has 0 aliphatic carbocycles. The van der Waals surface area contributed by atoms with Gasteiger partial charge in [0, 0.05) is 5.02 Å². The van der Waals surface area contributed by atoms with E-state index < -0.39 is 0 Å². The van der Waals surface area contributed by atoms with Gasteiger partial charge >= 0.3 is 0 Å². The van der Waals surface area contributed by atoms with Crippen molar-refractivity contribution in [1.82, 2.24) is 4.98 Å². The van der Waals surface area contributed by atoms with E-state index in [-0.39, 0.29) is 23.6 Å². The van der Waals surface area contributed by atoms with E-state index in [0.717, 1.165) is 5.56 Å². The molecule has 0 radical (unpaired) electrons. The van der Waals surface area contributed by atoms with Crippen molar-refractivity contribution in [3.05, 3.63) is 58.9 Å². The fourth-order valence-corrected chi connectivity index (χ4v) is 3.66. The molecule has 24 heavy (non-hydrogen) atoms. The number of nitrogens with one attached hydrogen (secondary N) is 1. The highest BCUT2D eigenvalue weighted by Crippen LogP contribution is 2.30. The molecule has 0 fully saturated rings. The first-order chi connectivity index (χ1) is 11.4. The van der Waals surface area contributed by atoms with Gasteiger partial charge in [-0.3, -0.25) is 4.79 Å². The Morgan fingerprint density at radius 3 is 2.58 bits per heavy atom. The Balaban J connectivity index is 1.85. The van der Waals surface area contributed by atoms with Crippen LogP contribution in [0.25, 0.3) is 10.2 Å². The maximum atomic E-state index is 13.3. The normalized spacial score (nSPS) is 12.5. The molecule has 0 saturated carbocycles. The third-order valence-corrected chi connectivity index (χ3v) is 4.94. The van der Waals surface area contributed by atoms with E-state index in [1.165, 1.54) is 23.5 Å². The largest absolute Gasteiger partial charge is 0.301 e. The summed E-state index contributed by atoms with van der Waals surface area (Å²) < 4.78 is 14.0. The zero-order valence-electron chi connectivity index (χ0n) is 13.2. The van der Waals surface area contributed by atoms with E-state index in [9.17, 15) is 9.18 Å². The molecule has 0 bridgehead atoms. The molecular formula is C18H16ClFN2OS. The summed E-state index contributed by atoms with van der Waals surface area (Å²) in [6.45, 7) is 3.99. The van der Waals surface area contributed by atoms with Crippen molar-refractivity contribution >= 4 is 44.2 Å². The van der Waals surface area contributed by atoms with Crippen LogP contribution in [0.4, 0.5) is 9.52 Å². The molecule has 1 N–H and O–H groups in total. The second kappa shape index (κ2) is 6.87. The van der Waals surface area contributed by atoms with Gasteiger partial charge in [0.15, 0.2) is 5.13 Å². The predicted octanol–water partition coefficient (Wildman–Crippen LogP) is 5.47. The molecule has 1 amide bonds. The fraction of sp³-hybridized carbons (Fsp3) is 0.222. The van der Waals surface area contributed by atoms with Crippen LogP contribution in [0.1, 0.15) is 25.3 Å². The van der Waals surface area contributed by atoms with Crippen molar-refractivity contribution in [1.29, 1.82) is 0 Å². The first-order valence-electron chi connectivity index (χ1n) is 7.56. The molecule has 3 nitrogen and oxygen atoms in total. The van der Waals surface area contributed by atoms with Crippen molar-refractivity contribution < 1.29 is 9.18 Å². The molecule has 1 aromatic heterocycles. The summed E-state index contributed by atoms with van der Waals surface area (Å²) in [5, 5.41) is 3.96. The quantitative estimate of drug-likeness (QED) is 0.668. The summed E-state index contributed by atoms with van der Waals surface area (Å²) in [5.74, 6) is -0.652. The Labute approximate surface area is 148 Å². The van der Waals surface area contributed by atoms with E-state index in [1.807, 2.05) is 26.0 Å². The average Bonchev–Trinajstić information content (AvgIpc) is 2.90. The Bertz CT molecular complexity index is 876. The molecule has 124 valence electrons. The molecule has 0 aliphatic heterocycles. The van der Waals surface area contributed by atoms with Gasteiger partial charge in [0.25, 0.3) is 0 Å². The average molecular weight is 363 g/mol. The number of hydrogen-bond acceptors (Lipinski definition) is 3. The monoisotopic (exact) mass is 362 g/mol. The number of carbonyl (C=O) groups excluding carboxylic acids is 1. The molecule has 0 saturated heterocycles. The minimum absolute atomic E-state index is 0.109. The lowest BCUT2D eigenvalue weighted by molar-refractivity contribution is -0.118. The van der Waals surface area contributed by atoms with Crippen LogP contribution in [0.2, 0.25) is 5.02 Å². The van der Waals surface area contributed by atoms with Gasteiger partial charge in [-0.1, -0.05) is 48.9 Å². The highest BCUT2D eigenvalue weighted by atomic mass is 35.5. The van der Waals surface area contributed by atoms with Crippen LogP contribution in [0.3, 0.4) is 0 Å². The van der Waals surface area contributed by atoms with Crippen LogP contribution in [-0.4, -0.2) is 10.9 Å². The predicted molar refractivity (Wildman–Crippen MR) is 97.2 cm³/mol. The first kappa shape index (κ1) is 16.9. The van der Waals surface area contributed by atoms with Gasteiger partial charge in [0.05, 0.1) is 16.1 Å². The third-order valence-electron chi connectivity index (χ3n) is 3.76. The molecule has 3 rings (SSSR count). The number of nitrogens with zero attached hydrogens (tertiary/aromatic N) is 1. The number of hydrogen-bond donors (Lipinski definition) is 1. The molecule has 0 aliphatic rings. The fourth-order valence-electron chi connectivity index (χ4n) is 2.64. The highest BCUT2D eigenvalue weighted by molar-refractivity contribution is 7.22. The zero-order valence-corrected chi connectivity index (χ0v) is 14.8. The van der Waals surface area contributed by atoms with Crippen LogP contribution >= 0.6 is 22.9 Å². The first-order valence-corrected chi connectivity index (χ1v) is 8.76. The smallest absolute Gasteiger partial charge is 0.233 e. The maximum Gasteiger partial charge on any atom is 0.233 e. The van der Waals surface area contributed by atoms with E-state index in [0.29, 0.717) is 20.4 Å². The molecule has 1 atom stereocenters. The lowest BCUT2D eigenvalue weighted by atomic mass is 9.88. The number of fused-ring (bicyclic) bond motifs is 1. The zero-order chi connectivity index (χ0) is 17.3. The van der Waals surface area contributed by atoms with Gasteiger partial charge < -0.3 is 5.32 Å². The van der Waals surface area contributed by atoms with Crippen LogP contribution in [0, 0.1) is 11.7 Å². The lowest BCUT2D eigenvalue weighted by Crippen LogP contribution is -2.25. The Hall–Kier alpha value is -1.98. The van der Waals surface area contributed by atoms with E-state index in [1.54, 1.807) is 18.2 Å². The number of amides is 1. The number of halogens is 2. The van der Waals surface area contributed by atoms with Crippen molar-refractivity contribution in [3.63, 3.8) is 0 Å². The molecule has 2 aromatic carbocycles. The summed E-state index contributed by atoms with van der Waals surface area (Å²) in [7, 11) is 0. The van der Waals surface area contributed by atoms with Crippen LogP contribution < -0.4 is 5.32 Å². The van der Waals surface area contributed by atoms with Gasteiger partial charge in [-0.15, -0.1) is 0 Å². The van der Waals surface area contributed by atoms with Gasteiger partial charge in [-0.05, 0) is 41.8 Å². The molecule has 3 aromatic rings. The van der Waals surface area contributed by atoms with Gasteiger partial charge in [0.2, 0.25) is 5.91 Å². The van der Waals surface area contributed by atoms with Crippen molar-refractivity contribution in [2.24, 2.45) is 5.92 Å². The molecular weight excluding hydrogens is 347 g/mol. The lowest BCUT2D eigenvalue weighted by Gasteiger charge is -2.20. The number of aromatic nitrogens is 1. The second-order valence-corrected chi connectivity index (χ2v) is 7.36. The Morgan fingerprint density at radius 1 is 1.21 bits per heavy atom. The highest BCUT2D eigenvalue weighted by Gasteiger charge is 2.25. The van der Waals surface area contributed by atoms with E-state index in [4.69, 9.17) is 11.6 Å². The standard InChI is InChI=1S/C18H16ClFN2OS/c1-10(2)16(11-3-5-12(19)6-4-11)17(23)22-18-21-14-8-7-13(20)9-15(14)24-18/h3-10,16H,1-2H3,(H,21,22,23)/t16-/m0/s1. The Kier molecular flexibility index (Phi) is 4.83. The topological polar surface area (TPSA) is 42.0 Å². The SMILES string of the molecule is CC(C)[C@H](C(=O)Nc1nc2ccc(F)cc2s1)c1ccc(Cl)cc1. The summed E-state index contributed by atoms with van der Waals surface area (Å²) in [6.07, 6.45) is 0. The third kappa shape index (κ3) is 3.57. The Morgan fingerprint density at radius 2 is 1.92 bits per heavy atom. The van der Waals surface area contributed by atoms with Crippen molar-refractivity contribution in [3.8, 4) is 0 Å². The van der Waals surface area contributed by atoms with E-state index >= 15 is 0 Å². The van der Waals surface area contributed by atoms with Crippen LogP contribution in [0.5, 0.6) is 0 Å². The number of benzene rings is 2. The van der Waals surface area contributed by atoms with Crippen LogP contribution in [-0.2, 0) is 4.79 Å². The molecule has 6 heteroatoms. The van der Waals surface area contributed by atoms with Crippen molar-refractivity contribution in [2.75, 3.05) is 5.32 Å². The molecule has 1 heterocycles. The molecule has 0 spiro atoms. The summed E-state index contributed by atoms with van der Waals surface area (Å²) in [5.41, 5.74) is 1.57. The maximum absolute atomic E-state index is 13.3. The second-order valence-electron chi connectivity index (χ2n) is 5.89. The minimum atomic E-state index is -0.315. The number of carbonyl (C=O) groups is 1. The van der Waals surface area contributed by atoms with Gasteiger partial charge in [-0.25, -0.2) is 9.37 Å². The number of rotatable bonds is 4. The van der Waals surface area contributed by atoms with Gasteiger partial charge in [0.1, 0.15) is 5.82 Å². The molecule has 0 unspecified atom stereocenters. The summed E-state index contributed by atoms with van der Waals surface area (Å²) in [4.78, 5) is 17.1. The van der Waals surface area contributed by atoms with Crippen molar-refractivity contribution in [2.45, 2.75) is 19.8 Å². The van der Waals surface area contributed by atoms with Gasteiger partial charge in [-0.2, -0.15) is 0 Å². The number of thiazole rings is 1. The van der Waals surface area contributed by atoms with E-state index in [2.05, 4.69) is 10.3 Å². The number of anilines is 1. The van der Waals surface area contributed by atoms with Crippen LogP contribution in [0.15, 0.2) is 42.5 Å².